The van der Waals surface area contributed by atoms with E-state index in [9.17, 15) is 9.18 Å². The predicted octanol–water partition coefficient (Wildman–Crippen LogP) is 3.68. The van der Waals surface area contributed by atoms with Crippen LogP contribution in [-0.2, 0) is 6.42 Å². The van der Waals surface area contributed by atoms with Gasteiger partial charge in [-0.15, -0.1) is 0 Å². The molecule has 1 amide bonds. The first-order valence-corrected chi connectivity index (χ1v) is 7.42. The van der Waals surface area contributed by atoms with Crippen molar-refractivity contribution in [3.05, 3.63) is 57.3 Å². The summed E-state index contributed by atoms with van der Waals surface area (Å²) in [6, 6.07) is 8.16. The fourth-order valence-electron chi connectivity index (χ4n) is 2.57. The van der Waals surface area contributed by atoms with Crippen LogP contribution in [0.25, 0.3) is 0 Å². The van der Waals surface area contributed by atoms with E-state index in [2.05, 4.69) is 15.9 Å². The number of carbonyl (C=O) groups is 1. The summed E-state index contributed by atoms with van der Waals surface area (Å²) in [5, 5.41) is 0. The van der Waals surface area contributed by atoms with Gasteiger partial charge in [-0.05, 0) is 64.7 Å². The topological polar surface area (TPSA) is 46.3 Å². The first-order chi connectivity index (χ1) is 9.97. The molecular formula is C16H14BrFN2O. The van der Waals surface area contributed by atoms with E-state index in [1.54, 1.807) is 4.90 Å². The van der Waals surface area contributed by atoms with Gasteiger partial charge in [0.05, 0.1) is 4.47 Å². The van der Waals surface area contributed by atoms with Gasteiger partial charge in [0.25, 0.3) is 5.91 Å². The Labute approximate surface area is 130 Å². The molecule has 2 aromatic carbocycles. The number of nitrogens with two attached hydrogens (primary N) is 1. The van der Waals surface area contributed by atoms with Crippen LogP contribution in [0.5, 0.6) is 0 Å². The second kappa shape index (κ2) is 5.15. The predicted molar refractivity (Wildman–Crippen MR) is 85.1 cm³/mol. The van der Waals surface area contributed by atoms with Crippen molar-refractivity contribution in [2.75, 3.05) is 17.2 Å². The molecule has 0 spiro atoms. The highest BCUT2D eigenvalue weighted by atomic mass is 79.9. The van der Waals surface area contributed by atoms with Gasteiger partial charge in [0, 0.05) is 23.5 Å². The average molecular weight is 349 g/mol. The number of carbonyl (C=O) groups excluding carboxylic acids is 1. The second-order valence-corrected chi connectivity index (χ2v) is 6.03. The summed E-state index contributed by atoms with van der Waals surface area (Å²) >= 11 is 3.11. The summed E-state index contributed by atoms with van der Waals surface area (Å²) in [4.78, 5) is 14.3. The molecule has 2 aromatic rings. The molecule has 1 heterocycles. The Morgan fingerprint density at radius 1 is 1.33 bits per heavy atom. The minimum Gasteiger partial charge on any atom is -0.398 e. The van der Waals surface area contributed by atoms with Crippen molar-refractivity contribution in [3.8, 4) is 0 Å². The minimum atomic E-state index is -0.381. The molecule has 1 aliphatic heterocycles. The van der Waals surface area contributed by atoms with Crippen molar-refractivity contribution < 1.29 is 9.18 Å². The number of fused-ring (bicyclic) bond motifs is 1. The van der Waals surface area contributed by atoms with E-state index >= 15 is 0 Å². The van der Waals surface area contributed by atoms with Crippen molar-refractivity contribution >= 4 is 33.2 Å². The Morgan fingerprint density at radius 2 is 2.10 bits per heavy atom. The van der Waals surface area contributed by atoms with Crippen molar-refractivity contribution in [2.24, 2.45) is 0 Å². The molecular weight excluding hydrogens is 335 g/mol. The number of hydrogen-bond donors (Lipinski definition) is 1. The SMILES string of the molecule is Cc1cc2c(cc1N)N(C(=O)c1ccc(F)c(Br)c1)CC2. The molecule has 0 unspecified atom stereocenters. The van der Waals surface area contributed by atoms with Gasteiger partial charge < -0.3 is 10.6 Å². The molecule has 0 aliphatic carbocycles. The van der Waals surface area contributed by atoms with Crippen LogP contribution in [0.4, 0.5) is 15.8 Å². The van der Waals surface area contributed by atoms with Crippen LogP contribution in [0.2, 0.25) is 0 Å². The van der Waals surface area contributed by atoms with Gasteiger partial charge >= 0.3 is 0 Å². The zero-order valence-corrected chi connectivity index (χ0v) is 13.1. The number of nitrogen functional groups attached to an aromatic ring is 1. The second-order valence-electron chi connectivity index (χ2n) is 5.17. The van der Waals surface area contributed by atoms with Crippen LogP contribution in [0.1, 0.15) is 21.5 Å². The van der Waals surface area contributed by atoms with Crippen molar-refractivity contribution in [2.45, 2.75) is 13.3 Å². The third kappa shape index (κ3) is 2.42. The number of nitrogens with zero attached hydrogens (tertiary/aromatic N) is 1. The molecule has 108 valence electrons. The number of rotatable bonds is 1. The Hall–Kier alpha value is -1.88. The first kappa shape index (κ1) is 14.1. The first-order valence-electron chi connectivity index (χ1n) is 6.63. The number of benzene rings is 2. The van der Waals surface area contributed by atoms with Gasteiger partial charge in [-0.3, -0.25) is 4.79 Å². The Morgan fingerprint density at radius 3 is 2.81 bits per heavy atom. The van der Waals surface area contributed by atoms with E-state index in [-0.39, 0.29) is 16.2 Å². The summed E-state index contributed by atoms with van der Waals surface area (Å²) in [6.45, 7) is 2.57. The number of halogens is 2. The maximum atomic E-state index is 13.3. The highest BCUT2D eigenvalue weighted by molar-refractivity contribution is 9.10. The Balaban J connectivity index is 1.98. The lowest BCUT2D eigenvalue weighted by Crippen LogP contribution is -2.29. The summed E-state index contributed by atoms with van der Waals surface area (Å²) < 4.78 is 13.6. The molecule has 2 N–H and O–H groups in total. The van der Waals surface area contributed by atoms with E-state index < -0.39 is 0 Å². The van der Waals surface area contributed by atoms with E-state index in [0.717, 1.165) is 23.2 Å². The minimum absolute atomic E-state index is 0.141. The van der Waals surface area contributed by atoms with Gasteiger partial charge in [0.1, 0.15) is 5.82 Å². The van der Waals surface area contributed by atoms with Gasteiger partial charge in [-0.25, -0.2) is 4.39 Å². The van der Waals surface area contributed by atoms with Crippen LogP contribution in [0, 0.1) is 12.7 Å². The van der Waals surface area contributed by atoms with Crippen molar-refractivity contribution in [1.82, 2.24) is 0 Å². The third-order valence-electron chi connectivity index (χ3n) is 3.77. The zero-order chi connectivity index (χ0) is 15.1. The van der Waals surface area contributed by atoms with E-state index in [0.29, 0.717) is 17.8 Å². The quantitative estimate of drug-likeness (QED) is 0.799. The molecule has 0 fully saturated rings. The normalized spacial score (nSPS) is 13.4. The van der Waals surface area contributed by atoms with Crippen LogP contribution < -0.4 is 10.6 Å². The lowest BCUT2D eigenvalue weighted by Gasteiger charge is -2.18. The van der Waals surface area contributed by atoms with E-state index in [1.165, 1.54) is 18.2 Å². The van der Waals surface area contributed by atoms with Crippen molar-refractivity contribution in [3.63, 3.8) is 0 Å². The molecule has 3 rings (SSSR count). The van der Waals surface area contributed by atoms with Gasteiger partial charge in [-0.1, -0.05) is 6.07 Å². The molecule has 3 nitrogen and oxygen atoms in total. The summed E-state index contributed by atoms with van der Waals surface area (Å²) in [5.41, 5.74) is 10.1. The van der Waals surface area contributed by atoms with Gasteiger partial charge in [0.15, 0.2) is 0 Å². The van der Waals surface area contributed by atoms with Gasteiger partial charge in [0.2, 0.25) is 0 Å². The van der Waals surface area contributed by atoms with Gasteiger partial charge in [-0.2, -0.15) is 0 Å². The average Bonchev–Trinajstić information content (AvgIpc) is 2.84. The fraction of sp³-hybridized carbons (Fsp3) is 0.188. The zero-order valence-electron chi connectivity index (χ0n) is 11.5. The fourth-order valence-corrected chi connectivity index (χ4v) is 2.95. The number of aryl methyl sites for hydroxylation is 1. The molecule has 0 atom stereocenters. The van der Waals surface area contributed by atoms with E-state index in [1.807, 2.05) is 19.1 Å². The molecule has 21 heavy (non-hydrogen) atoms. The number of anilines is 2. The summed E-state index contributed by atoms with van der Waals surface area (Å²) in [6.07, 6.45) is 0.810. The van der Waals surface area contributed by atoms with Crippen LogP contribution in [-0.4, -0.2) is 12.5 Å². The number of amides is 1. The lowest BCUT2D eigenvalue weighted by molar-refractivity contribution is 0.0989. The molecule has 0 radical (unpaired) electrons. The summed E-state index contributed by atoms with van der Waals surface area (Å²) in [5.74, 6) is -0.522. The Kier molecular flexibility index (Phi) is 3.45. The lowest BCUT2D eigenvalue weighted by atomic mass is 10.1. The molecule has 0 saturated heterocycles. The standard InChI is InChI=1S/C16H14BrFN2O/c1-9-6-10-4-5-20(15(10)8-14(9)19)16(21)11-2-3-13(18)12(17)7-11/h2-3,6-8H,4-5,19H2,1H3. The van der Waals surface area contributed by atoms with E-state index in [4.69, 9.17) is 5.73 Å². The molecule has 0 saturated carbocycles. The maximum absolute atomic E-state index is 13.3. The van der Waals surface area contributed by atoms with Crippen molar-refractivity contribution in [1.29, 1.82) is 0 Å². The molecule has 5 heteroatoms. The molecule has 1 aliphatic rings. The number of hydrogen-bond acceptors (Lipinski definition) is 2. The molecule has 0 aromatic heterocycles. The highest BCUT2D eigenvalue weighted by Gasteiger charge is 2.26. The monoisotopic (exact) mass is 348 g/mol. The highest BCUT2D eigenvalue weighted by Crippen LogP contribution is 2.33. The Bertz CT molecular complexity index is 745. The van der Waals surface area contributed by atoms with Crippen LogP contribution in [0.15, 0.2) is 34.8 Å². The van der Waals surface area contributed by atoms with Crippen LogP contribution >= 0.6 is 15.9 Å². The summed E-state index contributed by atoms with van der Waals surface area (Å²) in [7, 11) is 0. The maximum Gasteiger partial charge on any atom is 0.258 e. The third-order valence-corrected chi connectivity index (χ3v) is 4.38. The smallest absolute Gasteiger partial charge is 0.258 e. The van der Waals surface area contributed by atoms with Crippen LogP contribution in [0.3, 0.4) is 0 Å². The molecule has 0 bridgehead atoms. The largest absolute Gasteiger partial charge is 0.398 e.